The number of rotatable bonds is 1. The summed E-state index contributed by atoms with van der Waals surface area (Å²) in [6.45, 7) is 0. The first kappa shape index (κ1) is 10.1. The summed E-state index contributed by atoms with van der Waals surface area (Å²) in [5, 5.41) is 8.74. The molecule has 0 saturated carbocycles. The van der Waals surface area contributed by atoms with Crippen LogP contribution in [0.2, 0.25) is 0 Å². The van der Waals surface area contributed by atoms with Crippen molar-refractivity contribution in [2.45, 2.75) is 0 Å². The third-order valence-electron chi connectivity index (χ3n) is 2.19. The number of benzene rings is 1. The van der Waals surface area contributed by atoms with E-state index in [2.05, 4.69) is 4.98 Å². The Morgan fingerprint density at radius 1 is 1.25 bits per heavy atom. The van der Waals surface area contributed by atoms with Crippen molar-refractivity contribution in [2.75, 3.05) is 5.73 Å². The lowest BCUT2D eigenvalue weighted by Crippen LogP contribution is -1.92. The number of nitriles is 1. The summed E-state index contributed by atoms with van der Waals surface area (Å²) in [6, 6.07) is 7.71. The standard InChI is InChI=1S/C12H8FN3/c13-10-1-2-12(15)11(4-10)9-3-8(5-14)6-16-7-9/h1-4,6-7H,15H2. The number of hydrogen-bond acceptors (Lipinski definition) is 3. The van der Waals surface area contributed by atoms with Crippen LogP contribution in [0.25, 0.3) is 11.1 Å². The molecule has 1 aromatic carbocycles. The van der Waals surface area contributed by atoms with Crippen molar-refractivity contribution in [3.8, 4) is 17.2 Å². The SMILES string of the molecule is N#Cc1cncc(-c2cc(F)ccc2N)c1. The predicted molar refractivity (Wildman–Crippen MR) is 58.8 cm³/mol. The Morgan fingerprint density at radius 2 is 2.06 bits per heavy atom. The van der Waals surface area contributed by atoms with Gasteiger partial charge in [0.15, 0.2) is 0 Å². The number of nitrogens with zero attached hydrogens (tertiary/aromatic N) is 2. The number of nitrogens with two attached hydrogens (primary N) is 1. The molecule has 0 fully saturated rings. The van der Waals surface area contributed by atoms with Crippen molar-refractivity contribution in [2.24, 2.45) is 0 Å². The van der Waals surface area contributed by atoms with E-state index in [9.17, 15) is 4.39 Å². The van der Waals surface area contributed by atoms with Crippen LogP contribution in [-0.4, -0.2) is 4.98 Å². The van der Waals surface area contributed by atoms with Gasteiger partial charge in [0.05, 0.1) is 5.56 Å². The summed E-state index contributed by atoms with van der Waals surface area (Å²) in [5.41, 5.74) is 7.79. The molecule has 0 unspecified atom stereocenters. The molecule has 0 atom stereocenters. The van der Waals surface area contributed by atoms with E-state index < -0.39 is 0 Å². The van der Waals surface area contributed by atoms with E-state index >= 15 is 0 Å². The molecule has 16 heavy (non-hydrogen) atoms. The van der Waals surface area contributed by atoms with Crippen molar-refractivity contribution < 1.29 is 4.39 Å². The normalized spacial score (nSPS) is 9.75. The van der Waals surface area contributed by atoms with E-state index in [1.807, 2.05) is 6.07 Å². The third kappa shape index (κ3) is 1.84. The van der Waals surface area contributed by atoms with Crippen LogP contribution in [0.15, 0.2) is 36.7 Å². The van der Waals surface area contributed by atoms with Crippen LogP contribution in [0.1, 0.15) is 5.56 Å². The number of pyridine rings is 1. The molecule has 0 spiro atoms. The van der Waals surface area contributed by atoms with Crippen molar-refractivity contribution in [3.05, 3.63) is 48.0 Å². The van der Waals surface area contributed by atoms with Crippen LogP contribution in [0.5, 0.6) is 0 Å². The summed E-state index contributed by atoms with van der Waals surface area (Å²) in [5.74, 6) is -0.369. The maximum atomic E-state index is 13.1. The van der Waals surface area contributed by atoms with Crippen molar-refractivity contribution >= 4 is 5.69 Å². The lowest BCUT2D eigenvalue weighted by Gasteiger charge is -2.05. The van der Waals surface area contributed by atoms with Crippen LogP contribution in [0, 0.1) is 17.1 Å². The molecule has 3 nitrogen and oxygen atoms in total. The summed E-state index contributed by atoms with van der Waals surface area (Å²) in [6.07, 6.45) is 2.99. The van der Waals surface area contributed by atoms with Gasteiger partial charge in [0, 0.05) is 29.2 Å². The molecule has 2 N–H and O–H groups in total. The number of aromatic nitrogens is 1. The second kappa shape index (κ2) is 3.99. The minimum absolute atomic E-state index is 0.369. The zero-order chi connectivity index (χ0) is 11.5. The molecule has 0 aliphatic heterocycles. The lowest BCUT2D eigenvalue weighted by atomic mass is 10.0. The largest absolute Gasteiger partial charge is 0.398 e. The van der Waals surface area contributed by atoms with Crippen LogP contribution in [0.3, 0.4) is 0 Å². The molecule has 0 amide bonds. The van der Waals surface area contributed by atoms with Gasteiger partial charge < -0.3 is 5.73 Å². The Morgan fingerprint density at radius 3 is 2.81 bits per heavy atom. The molecule has 0 saturated heterocycles. The average Bonchev–Trinajstić information content (AvgIpc) is 2.32. The number of anilines is 1. The van der Waals surface area contributed by atoms with Gasteiger partial charge in [-0.3, -0.25) is 4.98 Å². The molecule has 0 aliphatic carbocycles. The van der Waals surface area contributed by atoms with Gasteiger partial charge in [0.1, 0.15) is 11.9 Å². The minimum Gasteiger partial charge on any atom is -0.398 e. The Labute approximate surface area is 92.0 Å². The lowest BCUT2D eigenvalue weighted by molar-refractivity contribution is 0.628. The zero-order valence-corrected chi connectivity index (χ0v) is 8.31. The molecule has 78 valence electrons. The molecule has 1 heterocycles. The third-order valence-corrected chi connectivity index (χ3v) is 2.19. The molecule has 1 aromatic heterocycles. The molecule has 2 rings (SSSR count). The summed E-state index contributed by atoms with van der Waals surface area (Å²) >= 11 is 0. The Bertz CT molecular complexity index is 573. The van der Waals surface area contributed by atoms with Gasteiger partial charge in [-0.05, 0) is 24.3 Å². The Balaban J connectivity index is 2.58. The van der Waals surface area contributed by atoms with Crippen LogP contribution in [0.4, 0.5) is 10.1 Å². The maximum Gasteiger partial charge on any atom is 0.123 e. The van der Waals surface area contributed by atoms with E-state index in [0.717, 1.165) is 0 Å². The fourth-order valence-corrected chi connectivity index (χ4v) is 1.43. The molecule has 2 aromatic rings. The Hall–Kier alpha value is -2.41. The molecule has 0 radical (unpaired) electrons. The zero-order valence-electron chi connectivity index (χ0n) is 8.31. The number of hydrogen-bond donors (Lipinski definition) is 1. The van der Waals surface area contributed by atoms with Gasteiger partial charge in [0.25, 0.3) is 0 Å². The highest BCUT2D eigenvalue weighted by atomic mass is 19.1. The first-order valence-corrected chi connectivity index (χ1v) is 4.61. The second-order valence-electron chi connectivity index (χ2n) is 3.31. The summed E-state index contributed by atoms with van der Waals surface area (Å²) in [7, 11) is 0. The van der Waals surface area contributed by atoms with Crippen LogP contribution < -0.4 is 5.73 Å². The first-order chi connectivity index (χ1) is 7.70. The molecule has 4 heteroatoms. The van der Waals surface area contributed by atoms with Gasteiger partial charge in [-0.15, -0.1) is 0 Å². The number of halogens is 1. The highest BCUT2D eigenvalue weighted by molar-refractivity contribution is 5.76. The highest BCUT2D eigenvalue weighted by Crippen LogP contribution is 2.26. The van der Waals surface area contributed by atoms with E-state index in [1.54, 1.807) is 12.3 Å². The van der Waals surface area contributed by atoms with Crippen LogP contribution >= 0.6 is 0 Å². The average molecular weight is 213 g/mol. The van der Waals surface area contributed by atoms with E-state index in [4.69, 9.17) is 11.0 Å². The van der Waals surface area contributed by atoms with Crippen molar-refractivity contribution in [1.29, 1.82) is 5.26 Å². The second-order valence-corrected chi connectivity index (χ2v) is 3.31. The maximum absolute atomic E-state index is 13.1. The predicted octanol–water partition coefficient (Wildman–Crippen LogP) is 2.34. The quantitative estimate of drug-likeness (QED) is 0.739. The van der Waals surface area contributed by atoms with Gasteiger partial charge in [-0.25, -0.2) is 4.39 Å². The fourth-order valence-electron chi connectivity index (χ4n) is 1.43. The molecular weight excluding hydrogens is 205 g/mol. The minimum atomic E-state index is -0.369. The monoisotopic (exact) mass is 213 g/mol. The summed E-state index contributed by atoms with van der Waals surface area (Å²) in [4.78, 5) is 3.90. The Kier molecular flexibility index (Phi) is 2.52. The van der Waals surface area contributed by atoms with E-state index in [1.165, 1.54) is 24.4 Å². The first-order valence-electron chi connectivity index (χ1n) is 4.61. The van der Waals surface area contributed by atoms with Crippen molar-refractivity contribution in [3.63, 3.8) is 0 Å². The number of nitrogen functional groups attached to an aromatic ring is 1. The fraction of sp³-hybridized carbons (Fsp3) is 0. The molecule has 0 bridgehead atoms. The topological polar surface area (TPSA) is 62.7 Å². The van der Waals surface area contributed by atoms with Gasteiger partial charge in [-0.1, -0.05) is 0 Å². The van der Waals surface area contributed by atoms with Crippen LogP contribution in [-0.2, 0) is 0 Å². The van der Waals surface area contributed by atoms with E-state index in [0.29, 0.717) is 22.4 Å². The molecular formula is C12H8FN3. The smallest absolute Gasteiger partial charge is 0.123 e. The van der Waals surface area contributed by atoms with Gasteiger partial charge in [0.2, 0.25) is 0 Å². The molecule has 0 aliphatic rings. The highest BCUT2D eigenvalue weighted by Gasteiger charge is 2.05. The van der Waals surface area contributed by atoms with Crippen molar-refractivity contribution in [1.82, 2.24) is 4.98 Å². The van der Waals surface area contributed by atoms with Gasteiger partial charge >= 0.3 is 0 Å². The van der Waals surface area contributed by atoms with Gasteiger partial charge in [-0.2, -0.15) is 5.26 Å². The van der Waals surface area contributed by atoms with E-state index in [-0.39, 0.29) is 5.82 Å². The summed E-state index contributed by atoms with van der Waals surface area (Å²) < 4.78 is 13.1.